The molecule has 144 valence electrons. The second kappa shape index (κ2) is 8.48. The molecule has 4 heterocycles. The maximum Gasteiger partial charge on any atom is 0.253 e. The van der Waals surface area contributed by atoms with Gasteiger partial charge in [0, 0.05) is 24.3 Å². The minimum atomic E-state index is -0.130. The van der Waals surface area contributed by atoms with Gasteiger partial charge >= 0.3 is 0 Å². The lowest BCUT2D eigenvalue weighted by Gasteiger charge is -2.25. The van der Waals surface area contributed by atoms with E-state index in [-0.39, 0.29) is 11.9 Å². The highest BCUT2D eigenvalue weighted by atomic mass is 32.1. The highest BCUT2D eigenvalue weighted by Gasteiger charge is 2.28. The first-order valence-corrected chi connectivity index (χ1v) is 10.5. The van der Waals surface area contributed by atoms with E-state index in [4.69, 9.17) is 0 Å². The Morgan fingerprint density at radius 3 is 2.93 bits per heavy atom. The van der Waals surface area contributed by atoms with E-state index in [1.54, 1.807) is 17.5 Å². The van der Waals surface area contributed by atoms with Crippen LogP contribution in [-0.4, -0.2) is 27.4 Å². The van der Waals surface area contributed by atoms with Gasteiger partial charge in [-0.2, -0.15) is 0 Å². The summed E-state index contributed by atoms with van der Waals surface area (Å²) in [5, 5.41) is 5.88. The standard InChI is InChI=1S/C21H23N5OS/c1-2-16-14-28-20(25-16)13-24-21(27)15-8-9-19(23-12-15)26-11-5-7-18(26)17-6-3-4-10-22-17/h3-4,6,8-10,12,14,18H,2,5,7,11,13H2,1H3,(H,24,27). The summed E-state index contributed by atoms with van der Waals surface area (Å²) in [7, 11) is 0. The third-order valence-corrected chi connectivity index (χ3v) is 5.85. The Labute approximate surface area is 168 Å². The maximum absolute atomic E-state index is 12.4. The summed E-state index contributed by atoms with van der Waals surface area (Å²) < 4.78 is 0. The van der Waals surface area contributed by atoms with E-state index < -0.39 is 0 Å². The molecule has 0 saturated carbocycles. The van der Waals surface area contributed by atoms with Crippen LogP contribution in [0.4, 0.5) is 5.82 Å². The molecule has 1 atom stereocenters. The Balaban J connectivity index is 1.41. The molecule has 4 rings (SSSR count). The second-order valence-corrected chi connectivity index (χ2v) is 7.72. The van der Waals surface area contributed by atoms with E-state index in [1.165, 1.54) is 0 Å². The van der Waals surface area contributed by atoms with E-state index in [2.05, 4.69) is 38.2 Å². The fourth-order valence-electron chi connectivity index (χ4n) is 3.46. The third-order valence-electron chi connectivity index (χ3n) is 4.95. The minimum absolute atomic E-state index is 0.130. The van der Waals surface area contributed by atoms with Crippen molar-refractivity contribution in [1.29, 1.82) is 0 Å². The first-order chi connectivity index (χ1) is 13.7. The Morgan fingerprint density at radius 1 is 1.29 bits per heavy atom. The Bertz CT molecular complexity index is 925. The van der Waals surface area contributed by atoms with Crippen LogP contribution in [0.15, 0.2) is 48.1 Å². The Morgan fingerprint density at radius 2 is 2.21 bits per heavy atom. The number of hydrogen-bond donors (Lipinski definition) is 1. The number of carbonyl (C=O) groups excluding carboxylic acids is 1. The molecule has 0 spiro atoms. The lowest BCUT2D eigenvalue weighted by molar-refractivity contribution is 0.0950. The highest BCUT2D eigenvalue weighted by Crippen LogP contribution is 2.34. The number of amides is 1. The molecule has 0 radical (unpaired) electrons. The molecule has 28 heavy (non-hydrogen) atoms. The fraction of sp³-hybridized carbons (Fsp3) is 0.333. The van der Waals surface area contributed by atoms with Crippen molar-refractivity contribution in [3.05, 3.63) is 70.1 Å². The van der Waals surface area contributed by atoms with Gasteiger partial charge in [-0.1, -0.05) is 13.0 Å². The average molecular weight is 394 g/mol. The molecule has 6 nitrogen and oxygen atoms in total. The van der Waals surface area contributed by atoms with Crippen LogP contribution in [0, 0.1) is 0 Å². The molecule has 7 heteroatoms. The van der Waals surface area contributed by atoms with Crippen molar-refractivity contribution >= 4 is 23.1 Å². The zero-order valence-electron chi connectivity index (χ0n) is 15.8. The van der Waals surface area contributed by atoms with Crippen LogP contribution in [-0.2, 0) is 13.0 Å². The predicted octanol–water partition coefficient (Wildman–Crippen LogP) is 3.77. The second-order valence-electron chi connectivity index (χ2n) is 6.78. The van der Waals surface area contributed by atoms with Crippen LogP contribution in [0.1, 0.15) is 52.6 Å². The van der Waals surface area contributed by atoms with E-state index in [9.17, 15) is 4.79 Å². The molecular weight excluding hydrogens is 370 g/mol. The van der Waals surface area contributed by atoms with E-state index in [0.29, 0.717) is 12.1 Å². The van der Waals surface area contributed by atoms with E-state index in [1.807, 2.05) is 35.8 Å². The Kier molecular flexibility index (Phi) is 5.62. The monoisotopic (exact) mass is 393 g/mol. The van der Waals surface area contributed by atoms with Gasteiger partial charge in [0.1, 0.15) is 10.8 Å². The van der Waals surface area contributed by atoms with Gasteiger partial charge in [-0.25, -0.2) is 9.97 Å². The molecule has 1 fully saturated rings. The zero-order chi connectivity index (χ0) is 19.3. The zero-order valence-corrected chi connectivity index (χ0v) is 16.7. The number of pyridine rings is 2. The number of nitrogens with zero attached hydrogens (tertiary/aromatic N) is 4. The molecule has 0 aromatic carbocycles. The molecule has 1 unspecified atom stereocenters. The van der Waals surface area contributed by atoms with Gasteiger partial charge in [0.25, 0.3) is 5.91 Å². The molecule has 0 bridgehead atoms. The number of rotatable bonds is 6. The summed E-state index contributed by atoms with van der Waals surface area (Å²) in [4.78, 5) is 28.2. The summed E-state index contributed by atoms with van der Waals surface area (Å²) in [6.07, 6.45) is 6.56. The van der Waals surface area contributed by atoms with Crippen LogP contribution in [0.2, 0.25) is 0 Å². The van der Waals surface area contributed by atoms with Crippen LogP contribution in [0.5, 0.6) is 0 Å². The largest absolute Gasteiger partial charge is 0.348 e. The molecule has 1 aliphatic heterocycles. The fourth-order valence-corrected chi connectivity index (χ4v) is 4.28. The summed E-state index contributed by atoms with van der Waals surface area (Å²) >= 11 is 1.57. The van der Waals surface area contributed by atoms with E-state index >= 15 is 0 Å². The van der Waals surface area contributed by atoms with Crippen LogP contribution < -0.4 is 10.2 Å². The van der Waals surface area contributed by atoms with Gasteiger partial charge in [-0.05, 0) is 43.5 Å². The number of thiazole rings is 1. The van der Waals surface area contributed by atoms with Crippen molar-refractivity contribution in [2.24, 2.45) is 0 Å². The van der Waals surface area contributed by atoms with Gasteiger partial charge < -0.3 is 10.2 Å². The number of hydrogen-bond acceptors (Lipinski definition) is 6. The summed E-state index contributed by atoms with van der Waals surface area (Å²) in [6, 6.07) is 10.0. The lowest BCUT2D eigenvalue weighted by Crippen LogP contribution is -2.25. The maximum atomic E-state index is 12.4. The summed E-state index contributed by atoms with van der Waals surface area (Å²) in [5.74, 6) is 0.757. The van der Waals surface area contributed by atoms with Crippen molar-refractivity contribution in [3.8, 4) is 0 Å². The molecule has 1 amide bonds. The van der Waals surface area contributed by atoms with Crippen LogP contribution in [0.25, 0.3) is 0 Å². The van der Waals surface area contributed by atoms with Crippen molar-refractivity contribution in [1.82, 2.24) is 20.3 Å². The average Bonchev–Trinajstić information content (AvgIpc) is 3.42. The summed E-state index contributed by atoms with van der Waals surface area (Å²) in [6.45, 7) is 3.46. The molecule has 1 N–H and O–H groups in total. The normalized spacial score (nSPS) is 16.3. The van der Waals surface area contributed by atoms with Gasteiger partial charge in [0.05, 0.1) is 29.5 Å². The quantitative estimate of drug-likeness (QED) is 0.690. The molecule has 3 aromatic heterocycles. The highest BCUT2D eigenvalue weighted by molar-refractivity contribution is 7.09. The van der Waals surface area contributed by atoms with Gasteiger partial charge in [-0.3, -0.25) is 9.78 Å². The van der Waals surface area contributed by atoms with Gasteiger partial charge in [0.2, 0.25) is 0 Å². The first kappa shape index (κ1) is 18.6. The number of carbonyl (C=O) groups is 1. The molecule has 1 saturated heterocycles. The SMILES string of the molecule is CCc1csc(CNC(=O)c2ccc(N3CCCC3c3ccccn3)nc2)n1. The van der Waals surface area contributed by atoms with Crippen molar-refractivity contribution in [2.75, 3.05) is 11.4 Å². The molecule has 1 aliphatic rings. The lowest BCUT2D eigenvalue weighted by atomic mass is 10.1. The number of anilines is 1. The van der Waals surface area contributed by atoms with Crippen molar-refractivity contribution < 1.29 is 4.79 Å². The number of aromatic nitrogens is 3. The summed E-state index contributed by atoms with van der Waals surface area (Å²) in [5.41, 5.74) is 2.69. The number of nitrogens with one attached hydrogen (secondary N) is 1. The van der Waals surface area contributed by atoms with E-state index in [0.717, 1.165) is 48.0 Å². The van der Waals surface area contributed by atoms with Gasteiger partial charge in [0.15, 0.2) is 0 Å². The number of aryl methyl sites for hydroxylation is 1. The molecular formula is C21H23N5OS. The van der Waals surface area contributed by atoms with Crippen molar-refractivity contribution in [2.45, 2.75) is 38.8 Å². The Hall–Kier alpha value is -2.80. The topological polar surface area (TPSA) is 71.0 Å². The third kappa shape index (κ3) is 4.04. The first-order valence-electron chi connectivity index (χ1n) is 9.59. The van der Waals surface area contributed by atoms with Gasteiger partial charge in [-0.15, -0.1) is 11.3 Å². The minimum Gasteiger partial charge on any atom is -0.348 e. The van der Waals surface area contributed by atoms with Crippen LogP contribution >= 0.6 is 11.3 Å². The molecule has 3 aromatic rings. The smallest absolute Gasteiger partial charge is 0.253 e. The van der Waals surface area contributed by atoms with Crippen LogP contribution in [0.3, 0.4) is 0 Å². The molecule has 0 aliphatic carbocycles. The predicted molar refractivity (Wildman–Crippen MR) is 110 cm³/mol. The van der Waals surface area contributed by atoms with Crippen molar-refractivity contribution in [3.63, 3.8) is 0 Å².